The third kappa shape index (κ3) is 2.38. The summed E-state index contributed by atoms with van der Waals surface area (Å²) in [6.07, 6.45) is 6.03. The number of nitrogens with zero attached hydrogens (tertiary/aromatic N) is 1. The second kappa shape index (κ2) is 5.31. The number of carboxylic acids is 1. The molecule has 1 spiro atoms. The zero-order valence-corrected chi connectivity index (χ0v) is 11.4. The summed E-state index contributed by atoms with van der Waals surface area (Å²) in [5, 5.41) is 9.17. The number of carboxylic acid groups (broad SMARTS) is 1. The molecule has 2 aliphatic rings. The minimum atomic E-state index is -1.09. The molecule has 1 heterocycles. The number of carbonyl (C=O) groups is 3. The van der Waals surface area contributed by atoms with E-state index < -0.39 is 17.4 Å². The van der Waals surface area contributed by atoms with E-state index in [1.54, 1.807) is 6.92 Å². The first-order valence-electron chi connectivity index (χ1n) is 7.11. The number of hydrogen-bond donors (Lipinski definition) is 1. The van der Waals surface area contributed by atoms with Crippen molar-refractivity contribution in [3.8, 4) is 0 Å². The van der Waals surface area contributed by atoms with E-state index in [0.29, 0.717) is 0 Å². The molecule has 0 aromatic carbocycles. The number of amides is 2. The van der Waals surface area contributed by atoms with E-state index in [1.807, 2.05) is 0 Å². The SMILES string of the molecule is CCC(C(=O)O)N1C(=O)CC2(CCCCCC2)C1=O. The van der Waals surface area contributed by atoms with Crippen LogP contribution in [0, 0.1) is 5.41 Å². The van der Waals surface area contributed by atoms with Gasteiger partial charge >= 0.3 is 5.97 Å². The van der Waals surface area contributed by atoms with Crippen molar-refractivity contribution in [2.45, 2.75) is 64.3 Å². The van der Waals surface area contributed by atoms with Gasteiger partial charge in [0.05, 0.1) is 5.41 Å². The van der Waals surface area contributed by atoms with Crippen LogP contribution in [0.3, 0.4) is 0 Å². The zero-order valence-electron chi connectivity index (χ0n) is 11.4. The zero-order chi connectivity index (χ0) is 14.0. The lowest BCUT2D eigenvalue weighted by atomic mass is 9.79. The molecule has 1 N–H and O–H groups in total. The summed E-state index contributed by atoms with van der Waals surface area (Å²) in [5.74, 6) is -1.63. The second-order valence-corrected chi connectivity index (χ2v) is 5.70. The van der Waals surface area contributed by atoms with E-state index >= 15 is 0 Å². The Morgan fingerprint density at radius 1 is 1.26 bits per heavy atom. The second-order valence-electron chi connectivity index (χ2n) is 5.70. The summed E-state index contributed by atoms with van der Waals surface area (Å²) in [6, 6.07) is -0.998. The summed E-state index contributed by atoms with van der Waals surface area (Å²) in [6.45, 7) is 1.69. The average molecular weight is 267 g/mol. The molecule has 0 bridgehead atoms. The van der Waals surface area contributed by atoms with E-state index in [0.717, 1.165) is 43.4 Å². The summed E-state index contributed by atoms with van der Waals surface area (Å²) in [4.78, 5) is 36.9. The van der Waals surface area contributed by atoms with Crippen molar-refractivity contribution in [1.82, 2.24) is 4.90 Å². The van der Waals surface area contributed by atoms with Crippen LogP contribution in [0.2, 0.25) is 0 Å². The van der Waals surface area contributed by atoms with Crippen LogP contribution in [-0.2, 0) is 14.4 Å². The summed E-state index contributed by atoms with van der Waals surface area (Å²) in [7, 11) is 0. The molecule has 106 valence electrons. The average Bonchev–Trinajstić information content (AvgIpc) is 2.56. The molecule has 19 heavy (non-hydrogen) atoms. The standard InChI is InChI=1S/C14H21NO4/c1-2-10(12(17)18)15-11(16)9-14(13(15)19)7-5-3-4-6-8-14/h10H,2-9H2,1H3,(H,17,18). The number of aliphatic carboxylic acids is 1. The van der Waals surface area contributed by atoms with Gasteiger partial charge in [0, 0.05) is 6.42 Å². The molecule has 1 unspecified atom stereocenters. The van der Waals surface area contributed by atoms with Crippen LogP contribution < -0.4 is 0 Å². The molecule has 5 nitrogen and oxygen atoms in total. The highest BCUT2D eigenvalue weighted by Crippen LogP contribution is 2.45. The quantitative estimate of drug-likeness (QED) is 0.793. The lowest BCUT2D eigenvalue weighted by molar-refractivity contribution is -0.156. The van der Waals surface area contributed by atoms with Crippen molar-refractivity contribution < 1.29 is 19.5 Å². The van der Waals surface area contributed by atoms with Gasteiger partial charge in [-0.2, -0.15) is 0 Å². The predicted octanol–water partition coefficient (Wildman–Crippen LogP) is 1.95. The highest BCUT2D eigenvalue weighted by atomic mass is 16.4. The maximum absolute atomic E-state index is 12.6. The number of carbonyl (C=O) groups excluding carboxylic acids is 2. The van der Waals surface area contributed by atoms with Gasteiger partial charge in [-0.15, -0.1) is 0 Å². The van der Waals surface area contributed by atoms with E-state index in [-0.39, 0.29) is 24.7 Å². The molecule has 5 heteroatoms. The van der Waals surface area contributed by atoms with Crippen LogP contribution in [0.25, 0.3) is 0 Å². The summed E-state index contributed by atoms with van der Waals surface area (Å²) < 4.78 is 0. The minimum Gasteiger partial charge on any atom is -0.480 e. The van der Waals surface area contributed by atoms with Crippen LogP contribution >= 0.6 is 0 Å². The van der Waals surface area contributed by atoms with Crippen molar-refractivity contribution in [2.75, 3.05) is 0 Å². The Morgan fingerprint density at radius 2 is 1.84 bits per heavy atom. The van der Waals surface area contributed by atoms with E-state index in [4.69, 9.17) is 5.11 Å². The third-order valence-electron chi connectivity index (χ3n) is 4.47. The number of rotatable bonds is 3. The molecule has 1 saturated carbocycles. The van der Waals surface area contributed by atoms with Gasteiger partial charge in [-0.3, -0.25) is 14.5 Å². The van der Waals surface area contributed by atoms with Crippen LogP contribution in [0.4, 0.5) is 0 Å². The van der Waals surface area contributed by atoms with Gasteiger partial charge in [0.25, 0.3) is 0 Å². The summed E-state index contributed by atoms with van der Waals surface area (Å²) >= 11 is 0. The van der Waals surface area contributed by atoms with Gasteiger partial charge in [0.15, 0.2) is 0 Å². The molecule has 2 amide bonds. The van der Waals surface area contributed by atoms with Crippen LogP contribution in [0.5, 0.6) is 0 Å². The molecule has 1 aliphatic heterocycles. The molecule has 1 aliphatic carbocycles. The first-order valence-corrected chi connectivity index (χ1v) is 7.11. The number of likely N-dealkylation sites (tertiary alicyclic amines) is 1. The fraction of sp³-hybridized carbons (Fsp3) is 0.786. The van der Waals surface area contributed by atoms with Crippen molar-refractivity contribution in [1.29, 1.82) is 0 Å². The Balaban J connectivity index is 2.26. The predicted molar refractivity (Wildman–Crippen MR) is 68.3 cm³/mol. The molecule has 2 fully saturated rings. The highest BCUT2D eigenvalue weighted by molar-refractivity contribution is 6.08. The van der Waals surface area contributed by atoms with Crippen LogP contribution in [0.15, 0.2) is 0 Å². The Labute approximate surface area is 113 Å². The molecular formula is C14H21NO4. The number of hydrogen-bond acceptors (Lipinski definition) is 3. The van der Waals surface area contributed by atoms with E-state index in [2.05, 4.69) is 0 Å². The Bertz CT molecular complexity index is 396. The third-order valence-corrected chi connectivity index (χ3v) is 4.47. The molecule has 2 rings (SSSR count). The lowest BCUT2D eigenvalue weighted by Crippen LogP contribution is -2.46. The van der Waals surface area contributed by atoms with Gasteiger partial charge in [0.2, 0.25) is 11.8 Å². The fourth-order valence-corrected chi connectivity index (χ4v) is 3.40. The molecule has 1 saturated heterocycles. The topological polar surface area (TPSA) is 74.7 Å². The maximum atomic E-state index is 12.6. The van der Waals surface area contributed by atoms with Gasteiger partial charge in [-0.05, 0) is 19.3 Å². The Morgan fingerprint density at radius 3 is 2.32 bits per heavy atom. The lowest BCUT2D eigenvalue weighted by Gasteiger charge is -2.27. The number of imide groups is 1. The highest BCUT2D eigenvalue weighted by Gasteiger charge is 2.53. The Hall–Kier alpha value is -1.39. The van der Waals surface area contributed by atoms with Gasteiger partial charge in [-0.25, -0.2) is 4.79 Å². The van der Waals surface area contributed by atoms with E-state index in [1.165, 1.54) is 0 Å². The smallest absolute Gasteiger partial charge is 0.326 e. The van der Waals surface area contributed by atoms with Crippen LogP contribution in [-0.4, -0.2) is 33.8 Å². The molecule has 0 radical (unpaired) electrons. The fourth-order valence-electron chi connectivity index (χ4n) is 3.40. The summed E-state index contributed by atoms with van der Waals surface area (Å²) in [5.41, 5.74) is -0.601. The first-order chi connectivity index (χ1) is 9.02. The van der Waals surface area contributed by atoms with Gasteiger partial charge in [0.1, 0.15) is 6.04 Å². The minimum absolute atomic E-state index is 0.204. The normalized spacial score (nSPS) is 24.6. The largest absolute Gasteiger partial charge is 0.480 e. The van der Waals surface area contributed by atoms with Crippen LogP contribution in [0.1, 0.15) is 58.3 Å². The van der Waals surface area contributed by atoms with Crippen molar-refractivity contribution >= 4 is 17.8 Å². The van der Waals surface area contributed by atoms with Crippen molar-refractivity contribution in [3.63, 3.8) is 0 Å². The van der Waals surface area contributed by atoms with E-state index in [9.17, 15) is 14.4 Å². The molecular weight excluding hydrogens is 246 g/mol. The molecule has 0 aromatic heterocycles. The van der Waals surface area contributed by atoms with Gasteiger partial charge in [-0.1, -0.05) is 32.6 Å². The van der Waals surface area contributed by atoms with Crippen molar-refractivity contribution in [3.05, 3.63) is 0 Å². The maximum Gasteiger partial charge on any atom is 0.326 e. The first kappa shape index (κ1) is 14.0. The Kier molecular flexibility index (Phi) is 3.92. The van der Waals surface area contributed by atoms with Gasteiger partial charge < -0.3 is 5.11 Å². The monoisotopic (exact) mass is 267 g/mol. The molecule has 1 atom stereocenters. The molecule has 0 aromatic rings. The van der Waals surface area contributed by atoms with Crippen molar-refractivity contribution in [2.24, 2.45) is 5.41 Å².